The predicted molar refractivity (Wildman–Crippen MR) is 113 cm³/mol. The van der Waals surface area contributed by atoms with Crippen LogP contribution in [0.25, 0.3) is 16.7 Å². The maximum Gasteiger partial charge on any atom is 0.265 e. The number of anilines is 1. The van der Waals surface area contributed by atoms with Crippen molar-refractivity contribution in [1.29, 1.82) is 0 Å². The predicted octanol–water partition coefficient (Wildman–Crippen LogP) is 3.37. The Morgan fingerprint density at radius 2 is 2.28 bits per heavy atom. The first kappa shape index (κ1) is 18.3. The van der Waals surface area contributed by atoms with E-state index in [1.807, 2.05) is 12.1 Å². The Balaban J connectivity index is 1.49. The molecule has 29 heavy (non-hydrogen) atoms. The summed E-state index contributed by atoms with van der Waals surface area (Å²) in [6, 6.07) is 6.93. The number of benzene rings is 1. The van der Waals surface area contributed by atoms with Gasteiger partial charge in [-0.15, -0.1) is 11.3 Å². The number of carbonyl (C=O) groups is 1. The molecule has 146 valence electrons. The molecule has 8 nitrogen and oxygen atoms in total. The number of rotatable bonds is 4. The number of nitrogens with zero attached hydrogens (tertiary/aromatic N) is 5. The van der Waals surface area contributed by atoms with Crippen LogP contribution in [0.4, 0.5) is 5.13 Å². The van der Waals surface area contributed by atoms with Gasteiger partial charge in [0, 0.05) is 28.8 Å². The summed E-state index contributed by atoms with van der Waals surface area (Å²) in [4.78, 5) is 34.2. The molecule has 1 N–H and O–H groups in total. The van der Waals surface area contributed by atoms with Gasteiger partial charge in [-0.3, -0.25) is 14.2 Å². The third-order valence-electron chi connectivity index (χ3n) is 4.52. The van der Waals surface area contributed by atoms with Crippen LogP contribution in [-0.4, -0.2) is 36.0 Å². The van der Waals surface area contributed by atoms with Crippen LogP contribution in [0.3, 0.4) is 0 Å². The van der Waals surface area contributed by atoms with E-state index in [4.69, 9.17) is 11.6 Å². The Morgan fingerprint density at radius 3 is 3.07 bits per heavy atom. The molecule has 0 spiro atoms. The Kier molecular flexibility index (Phi) is 4.61. The Morgan fingerprint density at radius 1 is 1.38 bits per heavy atom. The largest absolute Gasteiger partial charge is 0.302 e. The van der Waals surface area contributed by atoms with E-state index in [0.29, 0.717) is 32.1 Å². The third-order valence-corrected chi connectivity index (χ3v) is 6.54. The van der Waals surface area contributed by atoms with Crippen molar-refractivity contribution in [3.05, 3.63) is 57.4 Å². The molecule has 4 aromatic rings. The second kappa shape index (κ2) is 7.29. The second-order valence-corrected chi connectivity index (χ2v) is 8.72. The molecular weight excluding hydrogens is 432 g/mol. The number of aromatic nitrogens is 5. The summed E-state index contributed by atoms with van der Waals surface area (Å²) in [5.41, 5.74) is 1.01. The van der Waals surface area contributed by atoms with E-state index in [1.54, 1.807) is 33.0 Å². The van der Waals surface area contributed by atoms with Crippen LogP contribution >= 0.6 is 34.7 Å². The summed E-state index contributed by atoms with van der Waals surface area (Å²) in [5.74, 6) is 0.421. The quantitative estimate of drug-likeness (QED) is 0.485. The molecule has 4 heterocycles. The molecule has 0 saturated heterocycles. The lowest BCUT2D eigenvalue weighted by Crippen LogP contribution is -2.27. The van der Waals surface area contributed by atoms with Crippen molar-refractivity contribution in [2.45, 2.75) is 17.6 Å². The minimum Gasteiger partial charge on any atom is -0.302 e. The summed E-state index contributed by atoms with van der Waals surface area (Å²) < 4.78 is 3.20. The van der Waals surface area contributed by atoms with E-state index < -0.39 is 0 Å². The number of nitrogens with one attached hydrogen (secondary N) is 1. The first-order valence-corrected chi connectivity index (χ1v) is 10.9. The van der Waals surface area contributed by atoms with Gasteiger partial charge in [-0.1, -0.05) is 29.4 Å². The first-order chi connectivity index (χ1) is 14.1. The zero-order chi connectivity index (χ0) is 20.0. The highest BCUT2D eigenvalue weighted by Gasteiger charge is 2.29. The molecule has 1 aromatic carbocycles. The van der Waals surface area contributed by atoms with Gasteiger partial charge in [0.05, 0.1) is 17.9 Å². The summed E-state index contributed by atoms with van der Waals surface area (Å²) in [5, 5.41) is 11.0. The van der Waals surface area contributed by atoms with E-state index in [-0.39, 0.29) is 23.9 Å². The minimum atomic E-state index is -0.270. The summed E-state index contributed by atoms with van der Waals surface area (Å²) in [6.45, 7) is 0. The fraction of sp³-hybridized carbons (Fsp3) is 0.167. The highest BCUT2D eigenvalue weighted by atomic mass is 35.5. The molecular formula is C18H13ClN6O2S2. The van der Waals surface area contributed by atoms with Gasteiger partial charge < -0.3 is 5.32 Å². The summed E-state index contributed by atoms with van der Waals surface area (Å²) >= 11 is 8.89. The maximum absolute atomic E-state index is 13.1. The number of hydrogen-bond acceptors (Lipinski definition) is 7. The molecule has 1 aliphatic rings. The van der Waals surface area contributed by atoms with Crippen molar-refractivity contribution in [1.82, 2.24) is 24.3 Å². The molecule has 5 rings (SSSR count). The number of amides is 1. The number of thioether (sulfide) groups is 1. The van der Waals surface area contributed by atoms with Gasteiger partial charge in [-0.25, -0.2) is 14.6 Å². The van der Waals surface area contributed by atoms with Crippen LogP contribution in [0.2, 0.25) is 5.02 Å². The fourth-order valence-electron chi connectivity index (χ4n) is 3.25. The smallest absolute Gasteiger partial charge is 0.265 e. The van der Waals surface area contributed by atoms with Crippen molar-refractivity contribution >= 4 is 56.8 Å². The van der Waals surface area contributed by atoms with Crippen LogP contribution < -0.4 is 10.9 Å². The number of fused-ring (bicyclic) bond motifs is 2. The van der Waals surface area contributed by atoms with Crippen LogP contribution in [-0.2, 0) is 4.79 Å². The average molecular weight is 445 g/mol. The van der Waals surface area contributed by atoms with Gasteiger partial charge in [0.1, 0.15) is 5.39 Å². The highest BCUT2D eigenvalue weighted by Crippen LogP contribution is 2.33. The highest BCUT2D eigenvalue weighted by molar-refractivity contribution is 7.99. The molecule has 1 amide bonds. The molecule has 11 heteroatoms. The van der Waals surface area contributed by atoms with Gasteiger partial charge in [0.15, 0.2) is 15.9 Å². The van der Waals surface area contributed by atoms with Crippen molar-refractivity contribution in [2.24, 2.45) is 0 Å². The molecule has 0 unspecified atom stereocenters. The van der Waals surface area contributed by atoms with E-state index in [2.05, 4.69) is 20.4 Å². The van der Waals surface area contributed by atoms with E-state index >= 15 is 0 Å². The van der Waals surface area contributed by atoms with Gasteiger partial charge in [-0.05, 0) is 18.2 Å². The standard InChI is InChI=1S/C18H13ClN6O2S2/c19-10-2-1-3-11(6-10)25-15-13(8-21-25)16(27)24-12(9-29-18(24)23-15)7-14(26)22-17-20-4-5-28-17/h1-6,8,12H,7,9H2,(H,20,22,26)/t12-/m0/s1. The maximum atomic E-state index is 13.1. The van der Waals surface area contributed by atoms with Crippen LogP contribution in [0.5, 0.6) is 0 Å². The molecule has 3 aromatic heterocycles. The lowest BCUT2D eigenvalue weighted by molar-refractivity contribution is -0.116. The molecule has 0 aliphatic carbocycles. The number of carbonyl (C=O) groups excluding carboxylic acids is 1. The number of halogens is 1. The molecule has 1 atom stereocenters. The van der Waals surface area contributed by atoms with E-state index in [1.165, 1.54) is 29.3 Å². The van der Waals surface area contributed by atoms with Crippen molar-refractivity contribution in [3.8, 4) is 5.69 Å². The molecule has 0 fully saturated rings. The lowest BCUT2D eigenvalue weighted by Gasteiger charge is -2.12. The fourth-order valence-corrected chi connectivity index (χ4v) is 5.11. The summed E-state index contributed by atoms with van der Waals surface area (Å²) in [7, 11) is 0. The van der Waals surface area contributed by atoms with Crippen molar-refractivity contribution < 1.29 is 4.79 Å². The zero-order valence-electron chi connectivity index (χ0n) is 14.8. The topological polar surface area (TPSA) is 94.7 Å². The Bertz CT molecular complexity index is 1280. The van der Waals surface area contributed by atoms with Gasteiger partial charge >= 0.3 is 0 Å². The number of hydrogen-bond donors (Lipinski definition) is 1. The zero-order valence-corrected chi connectivity index (χ0v) is 17.2. The van der Waals surface area contributed by atoms with Crippen LogP contribution in [0, 0.1) is 0 Å². The van der Waals surface area contributed by atoms with E-state index in [9.17, 15) is 9.59 Å². The average Bonchev–Trinajstić information content (AvgIpc) is 3.42. The lowest BCUT2D eigenvalue weighted by atomic mass is 10.2. The molecule has 0 saturated carbocycles. The summed E-state index contributed by atoms with van der Waals surface area (Å²) in [6.07, 6.45) is 3.31. The minimum absolute atomic E-state index is 0.176. The monoisotopic (exact) mass is 444 g/mol. The normalized spacial score (nSPS) is 15.6. The molecule has 0 bridgehead atoms. The Labute approximate surface area is 177 Å². The Hall–Kier alpha value is -2.69. The first-order valence-electron chi connectivity index (χ1n) is 8.68. The van der Waals surface area contributed by atoms with Crippen molar-refractivity contribution in [3.63, 3.8) is 0 Å². The van der Waals surface area contributed by atoms with Crippen molar-refractivity contribution in [2.75, 3.05) is 11.1 Å². The number of thiazole rings is 1. The van der Waals surface area contributed by atoms with Gasteiger partial charge in [0.2, 0.25) is 5.91 Å². The van der Waals surface area contributed by atoms with Crippen LogP contribution in [0.1, 0.15) is 12.5 Å². The molecule has 1 aliphatic heterocycles. The second-order valence-electron chi connectivity index (χ2n) is 6.40. The van der Waals surface area contributed by atoms with E-state index in [0.717, 1.165) is 5.69 Å². The third kappa shape index (κ3) is 3.33. The van der Waals surface area contributed by atoms with Gasteiger partial charge in [-0.2, -0.15) is 5.10 Å². The SMILES string of the molecule is O=C(C[C@H]1CSc2nc3c(cnn3-c3cccc(Cl)c3)c(=O)n21)Nc1nccs1. The van der Waals surface area contributed by atoms with Crippen LogP contribution in [0.15, 0.2) is 52.0 Å². The molecule has 0 radical (unpaired) electrons. The van der Waals surface area contributed by atoms with Gasteiger partial charge in [0.25, 0.3) is 5.56 Å².